The van der Waals surface area contributed by atoms with Crippen LogP contribution in [0.4, 0.5) is 5.69 Å². The minimum atomic E-state index is -1.10. The van der Waals surface area contributed by atoms with Gasteiger partial charge in [-0.05, 0) is 39.3 Å². The minimum Gasteiger partial charge on any atom is -0.493 e. The molecule has 1 aliphatic rings. The van der Waals surface area contributed by atoms with E-state index in [2.05, 4.69) is 4.99 Å². The topological polar surface area (TPSA) is 122 Å². The third-order valence-electron chi connectivity index (χ3n) is 6.01. The Morgan fingerprint density at radius 2 is 1.89 bits per heavy atom. The Balaban J connectivity index is 1.93. The fourth-order valence-corrected chi connectivity index (χ4v) is 5.24. The van der Waals surface area contributed by atoms with Gasteiger partial charge in [0.15, 0.2) is 16.3 Å². The van der Waals surface area contributed by atoms with Gasteiger partial charge < -0.3 is 14.2 Å². The number of allylic oxidation sites excluding steroid dienone is 1. The Labute approximate surface area is 222 Å². The SMILES string of the molecule is CCOC(=O)C1=C(C)n2c(sc(=C(C)C)c2=O)=N[C@@H]1c1cc(OC)c(OCc2ccccc2)cc1[N+](=O)[O-]. The number of ether oxygens (including phenoxy) is 3. The molecule has 0 saturated heterocycles. The van der Waals surface area contributed by atoms with Crippen LogP contribution in [0, 0.1) is 10.1 Å². The maximum absolute atomic E-state index is 13.1. The van der Waals surface area contributed by atoms with Crippen molar-refractivity contribution in [3.05, 3.63) is 89.0 Å². The van der Waals surface area contributed by atoms with E-state index in [-0.39, 0.29) is 47.1 Å². The number of benzene rings is 2. The second kappa shape index (κ2) is 11.0. The van der Waals surface area contributed by atoms with Crippen LogP contribution in [0.1, 0.15) is 44.9 Å². The predicted octanol–water partition coefficient (Wildman–Crippen LogP) is 3.76. The lowest BCUT2D eigenvalue weighted by Crippen LogP contribution is -2.35. The summed E-state index contributed by atoms with van der Waals surface area (Å²) in [5.41, 5.74) is 1.54. The van der Waals surface area contributed by atoms with E-state index in [9.17, 15) is 19.7 Å². The Morgan fingerprint density at radius 1 is 1.18 bits per heavy atom. The highest BCUT2D eigenvalue weighted by Crippen LogP contribution is 2.43. The van der Waals surface area contributed by atoms with Crippen LogP contribution in [0.5, 0.6) is 11.5 Å². The number of thiazole rings is 1. The second-order valence-electron chi connectivity index (χ2n) is 8.70. The Bertz CT molecular complexity index is 1620. The largest absolute Gasteiger partial charge is 0.493 e. The van der Waals surface area contributed by atoms with Gasteiger partial charge in [-0.2, -0.15) is 0 Å². The smallest absolute Gasteiger partial charge is 0.338 e. The average molecular weight is 538 g/mol. The number of fused-ring (bicyclic) bond motifs is 1. The summed E-state index contributed by atoms with van der Waals surface area (Å²) >= 11 is 1.17. The van der Waals surface area contributed by atoms with Crippen molar-refractivity contribution in [3.8, 4) is 11.5 Å². The first-order valence-electron chi connectivity index (χ1n) is 11.9. The summed E-state index contributed by atoms with van der Waals surface area (Å²) in [4.78, 5) is 42.9. The number of rotatable bonds is 8. The summed E-state index contributed by atoms with van der Waals surface area (Å²) in [6, 6.07) is 11.0. The molecule has 1 atom stereocenters. The number of nitrogens with zero attached hydrogens (tertiary/aromatic N) is 3. The van der Waals surface area contributed by atoms with Gasteiger partial charge in [-0.25, -0.2) is 9.79 Å². The molecule has 11 heteroatoms. The lowest BCUT2D eigenvalue weighted by Gasteiger charge is -2.23. The van der Waals surface area contributed by atoms with Crippen molar-refractivity contribution in [2.45, 2.75) is 40.3 Å². The molecular weight excluding hydrogens is 510 g/mol. The lowest BCUT2D eigenvalue weighted by atomic mass is 9.94. The molecule has 0 amide bonds. The van der Waals surface area contributed by atoms with Gasteiger partial charge in [0, 0.05) is 5.70 Å². The zero-order valence-electron chi connectivity index (χ0n) is 21.6. The molecule has 2 heterocycles. The molecule has 1 aliphatic heterocycles. The highest BCUT2D eigenvalue weighted by Gasteiger charge is 2.36. The Morgan fingerprint density at radius 3 is 2.50 bits per heavy atom. The zero-order valence-corrected chi connectivity index (χ0v) is 22.5. The lowest BCUT2D eigenvalue weighted by molar-refractivity contribution is -0.385. The maximum Gasteiger partial charge on any atom is 0.338 e. The number of esters is 1. The summed E-state index contributed by atoms with van der Waals surface area (Å²) in [6.07, 6.45) is 0. The highest BCUT2D eigenvalue weighted by atomic mass is 32.1. The second-order valence-corrected chi connectivity index (χ2v) is 9.68. The Kier molecular flexibility index (Phi) is 7.77. The van der Waals surface area contributed by atoms with E-state index in [1.54, 1.807) is 13.8 Å². The van der Waals surface area contributed by atoms with Gasteiger partial charge in [0.1, 0.15) is 12.6 Å². The zero-order chi connectivity index (χ0) is 27.6. The van der Waals surface area contributed by atoms with E-state index in [4.69, 9.17) is 14.2 Å². The maximum atomic E-state index is 13.1. The molecule has 0 spiro atoms. The first-order chi connectivity index (χ1) is 18.2. The third-order valence-corrected chi connectivity index (χ3v) is 7.27. The molecule has 38 heavy (non-hydrogen) atoms. The molecule has 0 N–H and O–H groups in total. The van der Waals surface area contributed by atoms with Crippen LogP contribution in [-0.4, -0.2) is 29.2 Å². The Hall–Kier alpha value is -4.25. The molecular formula is C27H27N3O7S. The van der Waals surface area contributed by atoms with Crippen molar-refractivity contribution >= 4 is 34.3 Å². The van der Waals surface area contributed by atoms with Gasteiger partial charge in [0.25, 0.3) is 11.2 Å². The van der Waals surface area contributed by atoms with Crippen molar-refractivity contribution < 1.29 is 23.9 Å². The van der Waals surface area contributed by atoms with Gasteiger partial charge in [0.05, 0.1) is 40.4 Å². The molecule has 0 saturated carbocycles. The molecule has 0 radical (unpaired) electrons. The standard InChI is InChI=1S/C27H27N3O7S/c1-6-36-26(32)22-16(4)29-25(31)24(15(2)3)38-27(29)28-23(22)18-12-20(35-5)21(13-19(18)30(33)34)37-14-17-10-8-7-9-11-17/h7-13,23H,6,14H2,1-5H3/t23-/m1/s1. The number of carbonyl (C=O) groups excluding carboxylic acids is 1. The normalized spacial score (nSPS) is 14.4. The summed E-state index contributed by atoms with van der Waals surface area (Å²) in [5.74, 6) is -0.295. The fourth-order valence-electron chi connectivity index (χ4n) is 4.20. The fraction of sp³-hybridized carbons (Fsp3) is 0.296. The quantitative estimate of drug-likeness (QED) is 0.244. The molecule has 3 aromatic rings. The van der Waals surface area contributed by atoms with E-state index in [1.165, 1.54) is 35.1 Å². The summed E-state index contributed by atoms with van der Waals surface area (Å²) in [5, 5.41) is 12.2. The summed E-state index contributed by atoms with van der Waals surface area (Å²) in [6.45, 7) is 7.14. The molecule has 198 valence electrons. The van der Waals surface area contributed by atoms with Gasteiger partial charge >= 0.3 is 5.97 Å². The van der Waals surface area contributed by atoms with Crippen molar-refractivity contribution in [2.24, 2.45) is 4.99 Å². The van der Waals surface area contributed by atoms with Crippen LogP contribution in [0.2, 0.25) is 0 Å². The van der Waals surface area contributed by atoms with Gasteiger partial charge in [-0.3, -0.25) is 19.5 Å². The van der Waals surface area contributed by atoms with E-state index in [1.807, 2.05) is 44.2 Å². The van der Waals surface area contributed by atoms with Crippen molar-refractivity contribution in [1.82, 2.24) is 4.57 Å². The first-order valence-corrected chi connectivity index (χ1v) is 12.7. The van der Waals surface area contributed by atoms with Crippen LogP contribution in [0.15, 0.2) is 57.8 Å². The monoisotopic (exact) mass is 537 g/mol. The molecule has 2 aromatic carbocycles. The van der Waals surface area contributed by atoms with Crippen molar-refractivity contribution in [1.29, 1.82) is 0 Å². The van der Waals surface area contributed by atoms with E-state index in [0.717, 1.165) is 11.1 Å². The number of methoxy groups -OCH3 is 1. The number of hydrogen-bond donors (Lipinski definition) is 0. The van der Waals surface area contributed by atoms with Crippen LogP contribution < -0.4 is 24.4 Å². The first kappa shape index (κ1) is 26.8. The minimum absolute atomic E-state index is 0.0441. The van der Waals surface area contributed by atoms with Crippen molar-refractivity contribution in [2.75, 3.05) is 13.7 Å². The number of aromatic nitrogens is 1. The van der Waals surface area contributed by atoms with E-state index >= 15 is 0 Å². The highest BCUT2D eigenvalue weighted by molar-refractivity contribution is 7.07. The van der Waals surface area contributed by atoms with E-state index < -0.39 is 16.9 Å². The molecule has 10 nitrogen and oxygen atoms in total. The van der Waals surface area contributed by atoms with Gasteiger partial charge in [-0.1, -0.05) is 47.2 Å². The summed E-state index contributed by atoms with van der Waals surface area (Å²) in [7, 11) is 1.43. The van der Waals surface area contributed by atoms with E-state index in [0.29, 0.717) is 15.0 Å². The van der Waals surface area contributed by atoms with Crippen LogP contribution in [0.25, 0.3) is 11.3 Å². The number of carbonyl (C=O) groups is 1. The predicted molar refractivity (Wildman–Crippen MR) is 143 cm³/mol. The third kappa shape index (κ3) is 4.97. The van der Waals surface area contributed by atoms with Crippen LogP contribution in [0.3, 0.4) is 0 Å². The van der Waals surface area contributed by atoms with Crippen LogP contribution in [-0.2, 0) is 16.1 Å². The summed E-state index contributed by atoms with van der Waals surface area (Å²) < 4.78 is 18.5. The average Bonchev–Trinajstić information content (AvgIpc) is 3.24. The molecule has 0 bridgehead atoms. The molecule has 4 rings (SSSR count). The number of nitro groups is 1. The molecule has 0 aliphatic carbocycles. The van der Waals surface area contributed by atoms with Gasteiger partial charge in [-0.15, -0.1) is 0 Å². The van der Waals surface area contributed by atoms with Crippen LogP contribution >= 0.6 is 11.3 Å². The molecule has 1 aromatic heterocycles. The molecule has 0 fully saturated rings. The molecule has 0 unspecified atom stereocenters. The number of hydrogen-bond acceptors (Lipinski definition) is 9. The number of nitro benzene ring substituents is 1. The van der Waals surface area contributed by atoms with Gasteiger partial charge in [0.2, 0.25) is 0 Å². The van der Waals surface area contributed by atoms with Crippen molar-refractivity contribution in [3.63, 3.8) is 0 Å².